The van der Waals surface area contributed by atoms with Crippen LogP contribution < -0.4 is 10.6 Å². The van der Waals surface area contributed by atoms with E-state index in [4.69, 9.17) is 4.42 Å². The fraction of sp³-hybridized carbons (Fsp3) is 0.462. The molecule has 0 aliphatic heterocycles. The van der Waals surface area contributed by atoms with Gasteiger partial charge in [-0.3, -0.25) is 4.79 Å². The predicted octanol–water partition coefficient (Wildman–Crippen LogP) is 1.29. The Hall–Kier alpha value is -1.73. The third-order valence-electron chi connectivity index (χ3n) is 2.29. The van der Waals surface area contributed by atoms with Crippen LogP contribution in [-0.2, 0) is 11.3 Å². The molecule has 1 amide bonds. The third-order valence-corrected chi connectivity index (χ3v) is 2.29. The third kappa shape index (κ3) is 5.23. The maximum absolute atomic E-state index is 11.7. The van der Waals surface area contributed by atoms with Crippen LogP contribution >= 0.6 is 0 Å². The lowest BCUT2D eigenvalue weighted by atomic mass is 10.3. The van der Waals surface area contributed by atoms with E-state index in [-0.39, 0.29) is 11.9 Å². The minimum Gasteiger partial charge on any atom is -0.467 e. The van der Waals surface area contributed by atoms with E-state index in [1.165, 1.54) is 0 Å². The molecule has 0 radical (unpaired) electrons. The number of amides is 1. The second-order valence-electron chi connectivity index (χ2n) is 3.65. The first-order valence-corrected chi connectivity index (χ1v) is 5.67. The van der Waals surface area contributed by atoms with Crippen molar-refractivity contribution in [3.63, 3.8) is 0 Å². The zero-order valence-electron chi connectivity index (χ0n) is 10.2. The van der Waals surface area contributed by atoms with Crippen LogP contribution in [0.2, 0.25) is 0 Å². The number of nitrogens with one attached hydrogen (secondary N) is 2. The summed E-state index contributed by atoms with van der Waals surface area (Å²) in [7, 11) is 0. The van der Waals surface area contributed by atoms with Gasteiger partial charge in [-0.05, 0) is 26.0 Å². The van der Waals surface area contributed by atoms with Crippen LogP contribution in [0.25, 0.3) is 0 Å². The van der Waals surface area contributed by atoms with Gasteiger partial charge in [0.15, 0.2) is 0 Å². The van der Waals surface area contributed by atoms with Gasteiger partial charge in [-0.1, -0.05) is 0 Å². The monoisotopic (exact) mass is 234 g/mol. The number of hydrogen-bond donors (Lipinski definition) is 2. The summed E-state index contributed by atoms with van der Waals surface area (Å²) in [6, 6.07) is 3.41. The number of hydrogen-bond acceptors (Lipinski definition) is 3. The highest BCUT2D eigenvalue weighted by atomic mass is 16.3. The van der Waals surface area contributed by atoms with Crippen LogP contribution in [-0.4, -0.2) is 18.5 Å². The summed E-state index contributed by atoms with van der Waals surface area (Å²) in [6.45, 7) is 4.78. The maximum atomic E-state index is 11.7. The lowest BCUT2D eigenvalue weighted by Crippen LogP contribution is -2.42. The zero-order chi connectivity index (χ0) is 12.5. The second kappa shape index (κ2) is 7.53. The minimum atomic E-state index is -0.219. The molecule has 0 saturated carbocycles. The van der Waals surface area contributed by atoms with Gasteiger partial charge in [-0.25, -0.2) is 0 Å². The first-order valence-electron chi connectivity index (χ1n) is 5.67. The quantitative estimate of drug-likeness (QED) is 0.576. The van der Waals surface area contributed by atoms with Gasteiger partial charge in [0.1, 0.15) is 5.76 Å². The Morgan fingerprint density at radius 1 is 1.59 bits per heavy atom. The molecule has 2 N–H and O–H groups in total. The van der Waals surface area contributed by atoms with Gasteiger partial charge in [0.25, 0.3) is 0 Å². The molecule has 0 aliphatic rings. The van der Waals surface area contributed by atoms with Crippen LogP contribution in [0.1, 0.15) is 26.0 Å². The van der Waals surface area contributed by atoms with E-state index >= 15 is 0 Å². The van der Waals surface area contributed by atoms with E-state index in [1.54, 1.807) is 19.3 Å². The van der Waals surface area contributed by atoms with Gasteiger partial charge in [0, 0.05) is 13.0 Å². The van der Waals surface area contributed by atoms with E-state index in [2.05, 4.69) is 22.5 Å². The predicted molar refractivity (Wildman–Crippen MR) is 66.1 cm³/mol. The van der Waals surface area contributed by atoms with Crippen molar-refractivity contribution in [1.82, 2.24) is 10.6 Å². The van der Waals surface area contributed by atoms with E-state index in [9.17, 15) is 4.79 Å². The van der Waals surface area contributed by atoms with Gasteiger partial charge in [-0.2, -0.15) is 0 Å². The first kappa shape index (κ1) is 13.3. The van der Waals surface area contributed by atoms with Gasteiger partial charge in [-0.15, -0.1) is 11.8 Å². The molecule has 0 aromatic carbocycles. The highest BCUT2D eigenvalue weighted by Gasteiger charge is 2.11. The lowest BCUT2D eigenvalue weighted by molar-refractivity contribution is -0.123. The molecule has 92 valence electrons. The van der Waals surface area contributed by atoms with E-state index in [0.717, 1.165) is 18.7 Å². The second-order valence-corrected chi connectivity index (χ2v) is 3.65. The van der Waals surface area contributed by atoms with Crippen molar-refractivity contribution in [2.24, 2.45) is 0 Å². The Morgan fingerprint density at radius 3 is 3.06 bits per heavy atom. The Morgan fingerprint density at radius 2 is 2.41 bits per heavy atom. The van der Waals surface area contributed by atoms with Gasteiger partial charge >= 0.3 is 0 Å². The Balaban J connectivity index is 2.19. The van der Waals surface area contributed by atoms with Crippen molar-refractivity contribution in [3.05, 3.63) is 24.2 Å². The van der Waals surface area contributed by atoms with Gasteiger partial charge < -0.3 is 15.1 Å². The smallest absolute Gasteiger partial charge is 0.237 e. The fourth-order valence-electron chi connectivity index (χ4n) is 1.31. The number of rotatable bonds is 6. The molecule has 4 heteroatoms. The molecule has 1 aromatic rings. The molecule has 0 aliphatic carbocycles. The Bertz CT molecular complexity index is 387. The molecule has 1 rings (SSSR count). The summed E-state index contributed by atoms with van der Waals surface area (Å²) in [6.07, 6.45) is 2.35. The summed E-state index contributed by atoms with van der Waals surface area (Å²) in [5.41, 5.74) is 0. The summed E-state index contributed by atoms with van der Waals surface area (Å²) in [4.78, 5) is 11.7. The maximum Gasteiger partial charge on any atom is 0.237 e. The molecular weight excluding hydrogens is 216 g/mol. The van der Waals surface area contributed by atoms with Crippen molar-refractivity contribution < 1.29 is 9.21 Å². The molecule has 0 fully saturated rings. The van der Waals surface area contributed by atoms with Crippen LogP contribution in [0.15, 0.2) is 22.8 Å². The number of carbonyl (C=O) groups excluding carboxylic acids is 1. The van der Waals surface area contributed by atoms with Crippen molar-refractivity contribution in [3.8, 4) is 11.8 Å². The average molecular weight is 234 g/mol. The molecule has 1 unspecified atom stereocenters. The molecule has 1 aromatic heterocycles. The highest BCUT2D eigenvalue weighted by molar-refractivity contribution is 5.81. The molecule has 17 heavy (non-hydrogen) atoms. The molecule has 1 atom stereocenters. The molecule has 0 spiro atoms. The summed E-state index contributed by atoms with van der Waals surface area (Å²) < 4.78 is 5.12. The van der Waals surface area contributed by atoms with E-state index < -0.39 is 0 Å². The van der Waals surface area contributed by atoms with Crippen LogP contribution in [0, 0.1) is 11.8 Å². The van der Waals surface area contributed by atoms with Gasteiger partial charge in [0.2, 0.25) is 5.91 Å². The van der Waals surface area contributed by atoms with Crippen molar-refractivity contribution in [1.29, 1.82) is 0 Å². The normalized spacial score (nSPS) is 11.4. The zero-order valence-corrected chi connectivity index (χ0v) is 10.2. The Kier molecular flexibility index (Phi) is 5.91. The van der Waals surface area contributed by atoms with Gasteiger partial charge in [0.05, 0.1) is 18.8 Å². The lowest BCUT2D eigenvalue weighted by Gasteiger charge is -2.12. The SMILES string of the molecule is CC#CCCNC(C)C(=O)NCc1ccco1. The summed E-state index contributed by atoms with van der Waals surface area (Å²) in [5.74, 6) is 6.47. The summed E-state index contributed by atoms with van der Waals surface area (Å²) >= 11 is 0. The van der Waals surface area contributed by atoms with E-state index in [0.29, 0.717) is 6.54 Å². The van der Waals surface area contributed by atoms with Crippen molar-refractivity contribution >= 4 is 5.91 Å². The average Bonchev–Trinajstić information content (AvgIpc) is 2.84. The van der Waals surface area contributed by atoms with E-state index in [1.807, 2.05) is 13.0 Å². The topological polar surface area (TPSA) is 54.3 Å². The first-order chi connectivity index (χ1) is 8.24. The molecule has 0 saturated heterocycles. The van der Waals surface area contributed by atoms with Crippen molar-refractivity contribution in [2.75, 3.05) is 6.54 Å². The van der Waals surface area contributed by atoms with Crippen LogP contribution in [0.5, 0.6) is 0 Å². The van der Waals surface area contributed by atoms with Crippen LogP contribution in [0.3, 0.4) is 0 Å². The molecular formula is C13H18N2O2. The largest absolute Gasteiger partial charge is 0.467 e. The number of furan rings is 1. The molecule has 1 heterocycles. The molecule has 0 bridgehead atoms. The number of carbonyl (C=O) groups is 1. The molecule has 4 nitrogen and oxygen atoms in total. The standard InChI is InChI=1S/C13H18N2O2/c1-3-4-5-8-14-11(2)13(16)15-10-12-7-6-9-17-12/h6-7,9,11,14H,5,8,10H2,1-2H3,(H,15,16). The van der Waals surface area contributed by atoms with Crippen molar-refractivity contribution in [2.45, 2.75) is 32.9 Å². The Labute approximate surface area is 102 Å². The van der Waals surface area contributed by atoms with Crippen LogP contribution in [0.4, 0.5) is 0 Å². The minimum absolute atomic E-state index is 0.0362. The highest BCUT2D eigenvalue weighted by Crippen LogP contribution is 1.98. The fourth-order valence-corrected chi connectivity index (χ4v) is 1.31. The summed E-state index contributed by atoms with van der Waals surface area (Å²) in [5, 5.41) is 5.90.